The van der Waals surface area contributed by atoms with Crippen molar-refractivity contribution in [2.75, 3.05) is 27.4 Å². The highest BCUT2D eigenvalue weighted by Crippen LogP contribution is 2.31. The van der Waals surface area contributed by atoms with Crippen molar-refractivity contribution in [1.29, 1.82) is 0 Å². The maximum absolute atomic E-state index is 13.4. The minimum absolute atomic E-state index is 0.00422. The summed E-state index contributed by atoms with van der Waals surface area (Å²) in [5, 5.41) is 0. The van der Waals surface area contributed by atoms with Gasteiger partial charge < -0.3 is 37.9 Å². The zero-order valence-corrected chi connectivity index (χ0v) is 24.8. The van der Waals surface area contributed by atoms with Crippen LogP contribution in [0.15, 0.2) is 49.1 Å². The number of carbonyl (C=O) groups excluding carboxylic acids is 4. The van der Waals surface area contributed by atoms with E-state index < -0.39 is 60.5 Å². The van der Waals surface area contributed by atoms with Crippen LogP contribution in [0.25, 0.3) is 0 Å². The molecule has 0 aliphatic carbocycles. The second kappa shape index (κ2) is 17.4. The Morgan fingerprint density at radius 1 is 1.07 bits per heavy atom. The Hall–Kier alpha value is -3.74. The Morgan fingerprint density at radius 3 is 2.51 bits per heavy atom. The van der Waals surface area contributed by atoms with Gasteiger partial charge in [-0.2, -0.15) is 0 Å². The van der Waals surface area contributed by atoms with Crippen LogP contribution in [0.2, 0.25) is 0 Å². The molecule has 0 unspecified atom stereocenters. The summed E-state index contributed by atoms with van der Waals surface area (Å²) in [5.41, 5.74) is 0.835. The second-order valence-electron chi connectivity index (χ2n) is 9.83. The highest BCUT2D eigenvalue weighted by atomic mass is 16.7. The Kier molecular flexibility index (Phi) is 13.7. The van der Waals surface area contributed by atoms with Crippen molar-refractivity contribution in [2.45, 2.75) is 76.3 Å². The third-order valence-corrected chi connectivity index (χ3v) is 6.78. The van der Waals surface area contributed by atoms with E-state index in [1.54, 1.807) is 44.4 Å². The van der Waals surface area contributed by atoms with E-state index in [0.717, 1.165) is 5.56 Å². The number of methoxy groups -OCH3 is 2. The summed E-state index contributed by atoms with van der Waals surface area (Å²) >= 11 is 0. The lowest BCUT2D eigenvalue weighted by molar-refractivity contribution is -0.305. The Bertz CT molecular complexity index is 1110. The lowest BCUT2D eigenvalue weighted by atomic mass is 9.97. The second-order valence-corrected chi connectivity index (χ2v) is 9.83. The predicted octanol–water partition coefficient (Wildman–Crippen LogP) is 3.20. The summed E-state index contributed by atoms with van der Waals surface area (Å²) in [7, 11) is 2.91. The largest absolute Gasteiger partial charge is 0.497 e. The molecule has 12 nitrogen and oxygen atoms in total. The van der Waals surface area contributed by atoms with E-state index in [-0.39, 0.29) is 39.1 Å². The van der Waals surface area contributed by atoms with Crippen LogP contribution in [-0.2, 0) is 58.9 Å². The molecule has 236 valence electrons. The molecule has 1 aromatic rings. The van der Waals surface area contributed by atoms with Crippen molar-refractivity contribution < 1.29 is 57.1 Å². The summed E-state index contributed by atoms with van der Waals surface area (Å²) in [6.45, 7) is 5.35. The van der Waals surface area contributed by atoms with Gasteiger partial charge in [-0.15, -0.1) is 6.58 Å². The average molecular weight is 605 g/mol. The zero-order valence-electron chi connectivity index (χ0n) is 24.8. The van der Waals surface area contributed by atoms with Crippen LogP contribution < -0.4 is 4.74 Å². The van der Waals surface area contributed by atoms with Gasteiger partial charge in [-0.25, -0.2) is 0 Å². The molecule has 2 heterocycles. The minimum atomic E-state index is -1.33. The molecular weight excluding hydrogens is 564 g/mol. The number of carbonyl (C=O) groups is 4. The first-order valence-electron chi connectivity index (χ1n) is 14.2. The number of benzene rings is 1. The number of ether oxygens (including phenoxy) is 8. The number of hydrogen-bond acceptors (Lipinski definition) is 12. The molecule has 1 fully saturated rings. The molecule has 0 amide bonds. The molecule has 2 aliphatic heterocycles. The fourth-order valence-corrected chi connectivity index (χ4v) is 4.56. The van der Waals surface area contributed by atoms with E-state index >= 15 is 0 Å². The van der Waals surface area contributed by atoms with Gasteiger partial charge in [-0.3, -0.25) is 19.2 Å². The Labute approximate surface area is 251 Å². The quantitative estimate of drug-likeness (QED) is 0.150. The van der Waals surface area contributed by atoms with E-state index in [2.05, 4.69) is 6.58 Å². The van der Waals surface area contributed by atoms with Crippen molar-refractivity contribution in [3.8, 4) is 5.75 Å². The summed E-state index contributed by atoms with van der Waals surface area (Å²) < 4.78 is 45.1. The zero-order chi connectivity index (χ0) is 31.2. The number of hydrogen-bond donors (Lipinski definition) is 0. The van der Waals surface area contributed by atoms with Gasteiger partial charge in [0.1, 0.15) is 11.9 Å². The van der Waals surface area contributed by atoms with Crippen LogP contribution in [0.5, 0.6) is 5.75 Å². The van der Waals surface area contributed by atoms with Crippen LogP contribution >= 0.6 is 0 Å². The van der Waals surface area contributed by atoms with Crippen LogP contribution in [0, 0.1) is 5.92 Å². The lowest BCUT2D eigenvalue weighted by Crippen LogP contribution is -2.63. The standard InChI is InChI=1S/C31H40O12/c1-5-7-12-24(32)42-28-27-26(23(40-31(28)37-4)19-38-18-20-14-16-21(36-3)17-15-20)43-30(35)22(29(34)39-6-2)11-9-8-10-13-25(33)41-27/h5,8-9,14-17,22-23,26-28,31H,1,6-7,10-13,18-19H2,2-4H3/t22-,23+,26+,27-,28+,31-/m0/s1. The number of esters is 4. The van der Waals surface area contributed by atoms with Crippen molar-refractivity contribution >= 4 is 23.9 Å². The third kappa shape index (κ3) is 9.91. The molecule has 43 heavy (non-hydrogen) atoms. The molecule has 6 atom stereocenters. The molecule has 12 heteroatoms. The lowest BCUT2D eigenvalue weighted by Gasteiger charge is -2.44. The fourth-order valence-electron chi connectivity index (χ4n) is 4.56. The molecule has 0 saturated carbocycles. The molecule has 0 spiro atoms. The van der Waals surface area contributed by atoms with Gasteiger partial charge in [0.05, 0.1) is 26.9 Å². The van der Waals surface area contributed by atoms with Gasteiger partial charge in [0.2, 0.25) is 0 Å². The molecular formula is C31H40O12. The first-order chi connectivity index (χ1) is 20.8. The van der Waals surface area contributed by atoms with Crippen LogP contribution in [0.4, 0.5) is 0 Å². The maximum Gasteiger partial charge on any atom is 0.321 e. The van der Waals surface area contributed by atoms with Crippen LogP contribution in [-0.4, -0.2) is 82.0 Å². The van der Waals surface area contributed by atoms with Crippen molar-refractivity contribution in [1.82, 2.24) is 0 Å². The highest BCUT2D eigenvalue weighted by molar-refractivity contribution is 5.95. The molecule has 2 aliphatic rings. The molecule has 1 aromatic carbocycles. The van der Waals surface area contributed by atoms with Crippen molar-refractivity contribution in [3.05, 3.63) is 54.6 Å². The summed E-state index contributed by atoms with van der Waals surface area (Å²) in [6, 6.07) is 7.23. The summed E-state index contributed by atoms with van der Waals surface area (Å²) in [5.74, 6) is -3.49. The minimum Gasteiger partial charge on any atom is -0.497 e. The topological polar surface area (TPSA) is 142 Å². The number of allylic oxidation sites excluding steroid dienone is 3. The van der Waals surface area contributed by atoms with Gasteiger partial charge in [0, 0.05) is 20.0 Å². The van der Waals surface area contributed by atoms with E-state index in [0.29, 0.717) is 18.6 Å². The maximum atomic E-state index is 13.4. The monoisotopic (exact) mass is 604 g/mol. The van der Waals surface area contributed by atoms with Gasteiger partial charge >= 0.3 is 23.9 Å². The first kappa shape index (κ1) is 33.8. The normalized spacial score (nSPS) is 26.0. The van der Waals surface area contributed by atoms with Gasteiger partial charge in [0.15, 0.2) is 30.5 Å². The molecule has 3 rings (SSSR count). The number of fused-ring (bicyclic) bond motifs is 1. The smallest absolute Gasteiger partial charge is 0.321 e. The molecule has 0 bridgehead atoms. The van der Waals surface area contributed by atoms with Crippen molar-refractivity contribution in [2.24, 2.45) is 5.92 Å². The van der Waals surface area contributed by atoms with Crippen LogP contribution in [0.1, 0.15) is 44.6 Å². The Balaban J connectivity index is 1.94. The predicted molar refractivity (Wildman–Crippen MR) is 151 cm³/mol. The third-order valence-electron chi connectivity index (χ3n) is 6.78. The van der Waals surface area contributed by atoms with E-state index in [1.165, 1.54) is 7.11 Å². The van der Waals surface area contributed by atoms with E-state index in [4.69, 9.17) is 37.9 Å². The molecule has 0 N–H and O–H groups in total. The van der Waals surface area contributed by atoms with Crippen LogP contribution in [0.3, 0.4) is 0 Å². The first-order valence-corrected chi connectivity index (χ1v) is 14.2. The fraction of sp³-hybridized carbons (Fsp3) is 0.548. The SMILES string of the molecule is C=CCCC(=O)O[C@H]1[C@@H](OC)O[C@H](COCc2ccc(OC)cc2)[C@H]2OC(=O)[C@H](C(=O)OCC)CC=CCCC(=O)O[C@H]12. The van der Waals surface area contributed by atoms with Gasteiger partial charge in [-0.05, 0) is 43.9 Å². The molecule has 0 aromatic heterocycles. The Morgan fingerprint density at radius 2 is 1.84 bits per heavy atom. The molecule has 1 saturated heterocycles. The van der Waals surface area contributed by atoms with Gasteiger partial charge in [-0.1, -0.05) is 30.4 Å². The van der Waals surface area contributed by atoms with Crippen molar-refractivity contribution in [3.63, 3.8) is 0 Å². The molecule has 0 radical (unpaired) electrons. The van der Waals surface area contributed by atoms with Gasteiger partial charge in [0.25, 0.3) is 0 Å². The highest BCUT2D eigenvalue weighted by Gasteiger charge is 2.53. The summed E-state index contributed by atoms with van der Waals surface area (Å²) in [4.78, 5) is 51.7. The van der Waals surface area contributed by atoms with E-state index in [1.807, 2.05) is 12.1 Å². The summed E-state index contributed by atoms with van der Waals surface area (Å²) in [6.07, 6.45) is -0.670. The number of rotatable bonds is 12. The average Bonchev–Trinajstić information content (AvgIpc) is 2.99. The van der Waals surface area contributed by atoms with E-state index in [9.17, 15) is 19.2 Å².